The van der Waals surface area contributed by atoms with E-state index in [1.807, 2.05) is 24.3 Å². The standard InChI is InChI=1S/C25H27ClN2O4S/c1-19-16-21(26)13-14-24(19)28(33(30,31)23-11-4-3-5-12-23)18-25(29)27-15-7-9-20-8-6-10-22(17-20)32-2/h3-6,8,10-14,16-17H,7,9,15,18H2,1-2H3,(H,27,29). The average molecular weight is 487 g/mol. The van der Waals surface area contributed by atoms with Crippen LogP contribution in [0.5, 0.6) is 5.75 Å². The van der Waals surface area contributed by atoms with E-state index in [1.165, 1.54) is 12.1 Å². The minimum atomic E-state index is -3.95. The van der Waals surface area contributed by atoms with E-state index in [1.54, 1.807) is 50.4 Å². The lowest BCUT2D eigenvalue weighted by atomic mass is 10.1. The number of sulfonamides is 1. The second-order valence-electron chi connectivity index (χ2n) is 7.56. The fourth-order valence-corrected chi connectivity index (χ4v) is 5.19. The second kappa shape index (κ2) is 11.2. The van der Waals surface area contributed by atoms with E-state index in [-0.39, 0.29) is 17.3 Å². The lowest BCUT2D eigenvalue weighted by Gasteiger charge is -2.25. The number of carbonyl (C=O) groups is 1. The number of methoxy groups -OCH3 is 1. The van der Waals surface area contributed by atoms with Crippen LogP contribution in [-0.2, 0) is 21.2 Å². The number of amides is 1. The zero-order chi connectivity index (χ0) is 23.8. The molecule has 8 heteroatoms. The highest BCUT2D eigenvalue weighted by Gasteiger charge is 2.28. The van der Waals surface area contributed by atoms with Gasteiger partial charge in [-0.25, -0.2) is 8.42 Å². The van der Waals surface area contributed by atoms with E-state index in [4.69, 9.17) is 16.3 Å². The molecule has 0 bridgehead atoms. The van der Waals surface area contributed by atoms with Crippen LogP contribution >= 0.6 is 11.6 Å². The van der Waals surface area contributed by atoms with Crippen molar-refractivity contribution in [2.24, 2.45) is 0 Å². The molecule has 3 aromatic carbocycles. The molecule has 0 aliphatic carbocycles. The Bertz CT molecular complexity index is 1200. The maximum absolute atomic E-state index is 13.4. The van der Waals surface area contributed by atoms with Crippen molar-refractivity contribution in [2.75, 3.05) is 24.5 Å². The molecule has 0 saturated heterocycles. The molecule has 0 fully saturated rings. The van der Waals surface area contributed by atoms with Gasteiger partial charge in [0.1, 0.15) is 12.3 Å². The quantitative estimate of drug-likeness (QED) is 0.425. The molecule has 0 saturated carbocycles. The first kappa shape index (κ1) is 24.6. The summed E-state index contributed by atoms with van der Waals surface area (Å²) in [5, 5.41) is 3.33. The number of nitrogens with zero attached hydrogens (tertiary/aromatic N) is 1. The SMILES string of the molecule is COc1cccc(CCCNC(=O)CN(c2ccc(Cl)cc2C)S(=O)(=O)c2ccccc2)c1. The molecule has 174 valence electrons. The molecule has 0 heterocycles. The van der Waals surface area contributed by atoms with Crippen molar-refractivity contribution >= 4 is 33.2 Å². The molecule has 0 radical (unpaired) electrons. The van der Waals surface area contributed by atoms with Crippen LogP contribution in [0.1, 0.15) is 17.5 Å². The third-order valence-electron chi connectivity index (χ3n) is 5.14. The van der Waals surface area contributed by atoms with Crippen molar-refractivity contribution < 1.29 is 17.9 Å². The van der Waals surface area contributed by atoms with Gasteiger partial charge < -0.3 is 10.1 Å². The fraction of sp³-hybridized carbons (Fsp3) is 0.240. The maximum Gasteiger partial charge on any atom is 0.264 e. The Morgan fingerprint density at radius 1 is 1.03 bits per heavy atom. The van der Waals surface area contributed by atoms with Crippen molar-refractivity contribution in [1.29, 1.82) is 0 Å². The molecule has 0 spiro atoms. The van der Waals surface area contributed by atoms with Gasteiger partial charge in [0.25, 0.3) is 10.0 Å². The third-order valence-corrected chi connectivity index (χ3v) is 7.15. The summed E-state index contributed by atoms with van der Waals surface area (Å²) in [4.78, 5) is 12.8. The number of hydrogen-bond donors (Lipinski definition) is 1. The molecule has 1 amide bonds. The largest absolute Gasteiger partial charge is 0.497 e. The molecule has 0 aliphatic rings. The highest BCUT2D eigenvalue weighted by molar-refractivity contribution is 7.92. The van der Waals surface area contributed by atoms with Gasteiger partial charge in [0.15, 0.2) is 0 Å². The number of hydrogen-bond acceptors (Lipinski definition) is 4. The number of anilines is 1. The van der Waals surface area contributed by atoms with E-state index >= 15 is 0 Å². The van der Waals surface area contributed by atoms with Crippen LogP contribution in [0.3, 0.4) is 0 Å². The summed E-state index contributed by atoms with van der Waals surface area (Å²) in [7, 11) is -2.33. The molecule has 0 aliphatic heterocycles. The summed E-state index contributed by atoms with van der Waals surface area (Å²) >= 11 is 6.06. The van der Waals surface area contributed by atoms with Gasteiger partial charge >= 0.3 is 0 Å². The van der Waals surface area contributed by atoms with Crippen LogP contribution in [0, 0.1) is 6.92 Å². The van der Waals surface area contributed by atoms with Crippen LogP contribution in [-0.4, -0.2) is 34.5 Å². The molecule has 1 N–H and O–H groups in total. The number of halogens is 1. The molecule has 0 unspecified atom stereocenters. The van der Waals surface area contributed by atoms with Crippen LogP contribution in [0.25, 0.3) is 0 Å². The molecule has 3 aromatic rings. The Morgan fingerprint density at radius 2 is 1.79 bits per heavy atom. The van der Waals surface area contributed by atoms with Crippen LogP contribution in [0.15, 0.2) is 77.7 Å². The Labute approximate surface area is 200 Å². The zero-order valence-electron chi connectivity index (χ0n) is 18.6. The number of rotatable bonds is 10. The van der Waals surface area contributed by atoms with Gasteiger partial charge in [-0.05, 0) is 73.4 Å². The molecule has 3 rings (SSSR count). The highest BCUT2D eigenvalue weighted by Crippen LogP contribution is 2.28. The highest BCUT2D eigenvalue weighted by atomic mass is 35.5. The van der Waals surface area contributed by atoms with E-state index in [0.29, 0.717) is 29.2 Å². The number of nitrogens with one attached hydrogen (secondary N) is 1. The van der Waals surface area contributed by atoms with Gasteiger partial charge in [-0.15, -0.1) is 0 Å². The van der Waals surface area contributed by atoms with E-state index < -0.39 is 10.0 Å². The van der Waals surface area contributed by atoms with Crippen molar-refractivity contribution in [3.63, 3.8) is 0 Å². The third kappa shape index (κ3) is 6.49. The second-order valence-corrected chi connectivity index (χ2v) is 9.86. The molecule has 33 heavy (non-hydrogen) atoms. The van der Waals surface area contributed by atoms with Gasteiger partial charge in [0, 0.05) is 11.6 Å². The molecule has 6 nitrogen and oxygen atoms in total. The zero-order valence-corrected chi connectivity index (χ0v) is 20.2. The Morgan fingerprint density at radius 3 is 2.48 bits per heavy atom. The van der Waals surface area contributed by atoms with Gasteiger partial charge in [-0.3, -0.25) is 9.10 Å². The Kier molecular flexibility index (Phi) is 8.36. The van der Waals surface area contributed by atoms with E-state index in [0.717, 1.165) is 22.0 Å². The molecule has 0 aromatic heterocycles. The van der Waals surface area contributed by atoms with Crippen LogP contribution in [0.2, 0.25) is 5.02 Å². The van der Waals surface area contributed by atoms with Crippen molar-refractivity contribution in [1.82, 2.24) is 5.32 Å². The first-order valence-electron chi connectivity index (χ1n) is 10.5. The van der Waals surface area contributed by atoms with Gasteiger partial charge in [-0.1, -0.05) is 41.9 Å². The minimum Gasteiger partial charge on any atom is -0.497 e. The number of aryl methyl sites for hydroxylation is 2. The van der Waals surface area contributed by atoms with E-state index in [9.17, 15) is 13.2 Å². The van der Waals surface area contributed by atoms with Crippen LogP contribution < -0.4 is 14.4 Å². The van der Waals surface area contributed by atoms with Crippen molar-refractivity contribution in [3.05, 3.63) is 88.9 Å². The van der Waals surface area contributed by atoms with Crippen LogP contribution in [0.4, 0.5) is 5.69 Å². The maximum atomic E-state index is 13.4. The minimum absolute atomic E-state index is 0.116. The summed E-state index contributed by atoms with van der Waals surface area (Å²) < 4.78 is 33.1. The lowest BCUT2D eigenvalue weighted by Crippen LogP contribution is -2.41. The summed E-state index contributed by atoms with van der Waals surface area (Å²) in [5.41, 5.74) is 2.18. The molecule has 0 atom stereocenters. The van der Waals surface area contributed by atoms with Crippen molar-refractivity contribution in [2.45, 2.75) is 24.7 Å². The normalized spacial score (nSPS) is 11.1. The molecular formula is C25H27ClN2O4S. The summed E-state index contributed by atoms with van der Waals surface area (Å²) in [6.45, 7) is 1.86. The lowest BCUT2D eigenvalue weighted by molar-refractivity contribution is -0.119. The predicted molar refractivity (Wildman–Crippen MR) is 131 cm³/mol. The fourth-order valence-electron chi connectivity index (χ4n) is 3.45. The number of ether oxygens (including phenoxy) is 1. The Hall–Kier alpha value is -3.03. The number of benzene rings is 3. The molecular weight excluding hydrogens is 460 g/mol. The smallest absolute Gasteiger partial charge is 0.264 e. The topological polar surface area (TPSA) is 75.7 Å². The summed E-state index contributed by atoms with van der Waals surface area (Å²) in [5.74, 6) is 0.408. The Balaban J connectivity index is 1.71. The average Bonchev–Trinajstić information content (AvgIpc) is 2.81. The van der Waals surface area contributed by atoms with Gasteiger partial charge in [0.05, 0.1) is 17.7 Å². The summed E-state index contributed by atoms with van der Waals surface area (Å²) in [6, 6.07) is 20.7. The monoisotopic (exact) mass is 486 g/mol. The van der Waals surface area contributed by atoms with E-state index in [2.05, 4.69) is 5.32 Å². The first-order valence-corrected chi connectivity index (χ1v) is 12.4. The van der Waals surface area contributed by atoms with Crippen molar-refractivity contribution in [3.8, 4) is 5.75 Å². The summed E-state index contributed by atoms with van der Waals surface area (Å²) in [6.07, 6.45) is 1.48. The number of carbonyl (C=O) groups excluding carboxylic acids is 1. The predicted octanol–water partition coefficient (Wildman–Crippen LogP) is 4.60. The van der Waals surface area contributed by atoms with Gasteiger partial charge in [0.2, 0.25) is 5.91 Å². The van der Waals surface area contributed by atoms with Gasteiger partial charge in [-0.2, -0.15) is 0 Å². The first-order chi connectivity index (χ1) is 15.8.